The van der Waals surface area contributed by atoms with Crippen LogP contribution in [0.1, 0.15) is 39.0 Å². The van der Waals surface area contributed by atoms with E-state index in [1.807, 2.05) is 6.20 Å². The number of nitrogens with zero attached hydrogens (tertiary/aromatic N) is 3. The average Bonchev–Trinajstić information content (AvgIpc) is 2.48. The second kappa shape index (κ2) is 5.66. The van der Waals surface area contributed by atoms with E-state index in [1.54, 1.807) is 12.4 Å². The standard InChI is InChI=1S/C15H23N3O2/c1-2-13-9-12(19)10-15(20-13)3-7-18(8-4-15)14-11-16-5-6-17-14/h5-6,11-13,19H,2-4,7-10H2,1H3/t12-,13+/m1/s1. The second-order valence-electron chi connectivity index (χ2n) is 5.98. The average molecular weight is 277 g/mol. The molecule has 3 heterocycles. The Bertz CT molecular complexity index is 432. The number of hydrogen-bond acceptors (Lipinski definition) is 5. The molecule has 2 saturated heterocycles. The van der Waals surface area contributed by atoms with Crippen LogP contribution in [-0.2, 0) is 4.74 Å². The van der Waals surface area contributed by atoms with Gasteiger partial charge in [-0.05, 0) is 25.7 Å². The van der Waals surface area contributed by atoms with E-state index in [4.69, 9.17) is 4.74 Å². The Labute approximate surface area is 120 Å². The summed E-state index contributed by atoms with van der Waals surface area (Å²) in [4.78, 5) is 10.7. The van der Waals surface area contributed by atoms with E-state index >= 15 is 0 Å². The number of piperidine rings is 1. The van der Waals surface area contributed by atoms with Crippen molar-refractivity contribution < 1.29 is 9.84 Å². The van der Waals surface area contributed by atoms with Crippen molar-refractivity contribution >= 4 is 5.82 Å². The second-order valence-corrected chi connectivity index (χ2v) is 5.98. The van der Waals surface area contributed by atoms with Gasteiger partial charge in [0.25, 0.3) is 0 Å². The van der Waals surface area contributed by atoms with Gasteiger partial charge in [-0.25, -0.2) is 4.98 Å². The van der Waals surface area contributed by atoms with Crippen LogP contribution in [0.4, 0.5) is 5.82 Å². The van der Waals surface area contributed by atoms with Gasteiger partial charge in [-0.3, -0.25) is 4.98 Å². The van der Waals surface area contributed by atoms with Gasteiger partial charge < -0.3 is 14.7 Å². The summed E-state index contributed by atoms with van der Waals surface area (Å²) in [5, 5.41) is 10.1. The fourth-order valence-electron chi connectivity index (χ4n) is 3.44. The molecule has 110 valence electrons. The lowest BCUT2D eigenvalue weighted by Gasteiger charge is -2.48. The molecule has 0 aliphatic carbocycles. The molecule has 0 aromatic carbocycles. The number of anilines is 1. The van der Waals surface area contributed by atoms with Crippen molar-refractivity contribution in [2.75, 3.05) is 18.0 Å². The van der Waals surface area contributed by atoms with Gasteiger partial charge in [0.05, 0.1) is 24.0 Å². The summed E-state index contributed by atoms with van der Waals surface area (Å²) in [6.45, 7) is 3.97. The first-order valence-corrected chi connectivity index (χ1v) is 7.58. The smallest absolute Gasteiger partial charge is 0.147 e. The lowest BCUT2D eigenvalue weighted by molar-refractivity contribution is -0.171. The molecule has 1 aromatic rings. The number of aliphatic hydroxyl groups is 1. The third kappa shape index (κ3) is 2.79. The van der Waals surface area contributed by atoms with Crippen molar-refractivity contribution in [3.63, 3.8) is 0 Å². The number of aliphatic hydroxyl groups excluding tert-OH is 1. The van der Waals surface area contributed by atoms with Crippen LogP contribution in [0, 0.1) is 0 Å². The quantitative estimate of drug-likeness (QED) is 0.892. The predicted molar refractivity (Wildman–Crippen MR) is 76.6 cm³/mol. The van der Waals surface area contributed by atoms with Crippen LogP contribution in [-0.4, -0.2) is 46.0 Å². The molecule has 0 radical (unpaired) electrons. The Morgan fingerprint density at radius 3 is 2.85 bits per heavy atom. The van der Waals surface area contributed by atoms with E-state index in [-0.39, 0.29) is 17.8 Å². The summed E-state index contributed by atoms with van der Waals surface area (Å²) in [5.74, 6) is 0.936. The zero-order valence-corrected chi connectivity index (χ0v) is 12.0. The van der Waals surface area contributed by atoms with Crippen molar-refractivity contribution in [3.05, 3.63) is 18.6 Å². The third-order valence-electron chi connectivity index (χ3n) is 4.56. The Hall–Kier alpha value is -1.20. The first-order valence-electron chi connectivity index (χ1n) is 7.58. The topological polar surface area (TPSA) is 58.5 Å². The Morgan fingerprint density at radius 1 is 1.40 bits per heavy atom. The summed E-state index contributed by atoms with van der Waals surface area (Å²) in [5.41, 5.74) is -0.128. The maximum absolute atomic E-state index is 10.1. The van der Waals surface area contributed by atoms with E-state index in [0.717, 1.165) is 51.0 Å². The zero-order chi connectivity index (χ0) is 14.0. The molecule has 1 aromatic heterocycles. The van der Waals surface area contributed by atoms with E-state index in [0.29, 0.717) is 0 Å². The van der Waals surface area contributed by atoms with Gasteiger partial charge >= 0.3 is 0 Å². The SMILES string of the molecule is CC[C@H]1C[C@@H](O)CC2(CCN(c3cnccn3)CC2)O1. The molecule has 0 unspecified atom stereocenters. The largest absolute Gasteiger partial charge is 0.393 e. The van der Waals surface area contributed by atoms with E-state index in [2.05, 4.69) is 21.8 Å². The first kappa shape index (κ1) is 13.8. The Balaban J connectivity index is 1.65. The number of aromatic nitrogens is 2. The zero-order valence-electron chi connectivity index (χ0n) is 12.0. The van der Waals surface area contributed by atoms with Gasteiger partial charge in [0.1, 0.15) is 5.82 Å². The molecule has 0 saturated carbocycles. The van der Waals surface area contributed by atoms with Gasteiger partial charge in [0.15, 0.2) is 0 Å². The maximum atomic E-state index is 10.1. The van der Waals surface area contributed by atoms with Gasteiger partial charge in [-0.1, -0.05) is 6.92 Å². The molecule has 2 atom stereocenters. The monoisotopic (exact) mass is 277 g/mol. The van der Waals surface area contributed by atoms with Crippen LogP contribution in [0.3, 0.4) is 0 Å². The minimum absolute atomic E-state index is 0.128. The molecule has 5 nitrogen and oxygen atoms in total. The van der Waals surface area contributed by atoms with Crippen LogP contribution in [0.2, 0.25) is 0 Å². The lowest BCUT2D eigenvalue weighted by atomic mass is 9.81. The van der Waals surface area contributed by atoms with Crippen LogP contribution in [0.15, 0.2) is 18.6 Å². The molecule has 0 bridgehead atoms. The summed E-state index contributed by atoms with van der Waals surface area (Å²) >= 11 is 0. The molecule has 1 N–H and O–H groups in total. The molecule has 2 fully saturated rings. The predicted octanol–water partition coefficient (Wildman–Crippen LogP) is 1.77. The highest BCUT2D eigenvalue weighted by Crippen LogP contribution is 2.38. The van der Waals surface area contributed by atoms with E-state index < -0.39 is 0 Å². The molecule has 1 spiro atoms. The Morgan fingerprint density at radius 2 is 2.20 bits per heavy atom. The van der Waals surface area contributed by atoms with Gasteiger partial charge in [-0.2, -0.15) is 0 Å². The third-order valence-corrected chi connectivity index (χ3v) is 4.56. The lowest BCUT2D eigenvalue weighted by Crippen LogP contribution is -2.53. The highest BCUT2D eigenvalue weighted by molar-refractivity contribution is 5.36. The fourth-order valence-corrected chi connectivity index (χ4v) is 3.44. The highest BCUT2D eigenvalue weighted by atomic mass is 16.5. The summed E-state index contributed by atoms with van der Waals surface area (Å²) in [6, 6.07) is 0. The Kier molecular flexibility index (Phi) is 3.89. The van der Waals surface area contributed by atoms with Crippen molar-refractivity contribution in [3.8, 4) is 0 Å². The first-order chi connectivity index (χ1) is 9.71. The fraction of sp³-hybridized carbons (Fsp3) is 0.733. The maximum Gasteiger partial charge on any atom is 0.147 e. The minimum Gasteiger partial charge on any atom is -0.393 e. The van der Waals surface area contributed by atoms with Crippen molar-refractivity contribution in [1.29, 1.82) is 0 Å². The van der Waals surface area contributed by atoms with Crippen LogP contribution in [0.25, 0.3) is 0 Å². The van der Waals surface area contributed by atoms with E-state index in [1.165, 1.54) is 0 Å². The number of ether oxygens (including phenoxy) is 1. The number of rotatable bonds is 2. The molecule has 5 heteroatoms. The van der Waals surface area contributed by atoms with Crippen LogP contribution >= 0.6 is 0 Å². The van der Waals surface area contributed by atoms with Crippen molar-refractivity contribution in [2.45, 2.75) is 56.8 Å². The van der Waals surface area contributed by atoms with Crippen molar-refractivity contribution in [2.24, 2.45) is 0 Å². The molecule has 2 aliphatic rings. The molecule has 2 aliphatic heterocycles. The van der Waals surface area contributed by atoms with Crippen molar-refractivity contribution in [1.82, 2.24) is 9.97 Å². The normalized spacial score (nSPS) is 29.6. The summed E-state index contributed by atoms with van der Waals surface area (Å²) < 4.78 is 6.30. The summed E-state index contributed by atoms with van der Waals surface area (Å²) in [6.07, 6.45) is 9.68. The van der Waals surface area contributed by atoms with Crippen LogP contribution < -0.4 is 4.90 Å². The minimum atomic E-state index is -0.211. The molecule has 20 heavy (non-hydrogen) atoms. The molecular weight excluding hydrogens is 254 g/mol. The molecular formula is C15H23N3O2. The highest BCUT2D eigenvalue weighted by Gasteiger charge is 2.42. The molecule has 0 amide bonds. The van der Waals surface area contributed by atoms with Gasteiger partial charge in [-0.15, -0.1) is 0 Å². The number of hydrogen-bond donors (Lipinski definition) is 1. The van der Waals surface area contributed by atoms with E-state index in [9.17, 15) is 5.11 Å². The van der Waals surface area contributed by atoms with Crippen LogP contribution in [0.5, 0.6) is 0 Å². The molecule has 3 rings (SSSR count). The van der Waals surface area contributed by atoms with Gasteiger partial charge in [0.2, 0.25) is 0 Å². The summed E-state index contributed by atoms with van der Waals surface area (Å²) in [7, 11) is 0. The van der Waals surface area contributed by atoms with Gasteiger partial charge in [0, 0.05) is 31.9 Å².